The first kappa shape index (κ1) is 20.0. The molecule has 0 aliphatic rings. The lowest BCUT2D eigenvalue weighted by atomic mass is 9.89. The van der Waals surface area contributed by atoms with Crippen LogP contribution in [0.4, 0.5) is 0 Å². The van der Waals surface area contributed by atoms with Crippen LogP contribution in [-0.2, 0) is 19.1 Å². The smallest absolute Gasteiger partial charge is 0.316 e. The second-order valence-corrected chi connectivity index (χ2v) is 5.51. The molecule has 7 heteroatoms. The normalized spacial score (nSPS) is 12.3. The number of rotatable bonds is 6. The molecule has 0 saturated carbocycles. The van der Waals surface area contributed by atoms with E-state index in [0.717, 1.165) is 0 Å². The van der Waals surface area contributed by atoms with E-state index in [0.29, 0.717) is 6.42 Å². The third kappa shape index (κ3) is 10.8. The molecule has 0 N–H and O–H groups in total. The number of carbonyl (C=O) groups excluding carboxylic acids is 2. The Hall–Kier alpha value is -0.295. The number of ether oxygens (including phenoxy) is 2. The van der Waals surface area contributed by atoms with E-state index in [4.69, 9.17) is 9.47 Å². The van der Waals surface area contributed by atoms with Gasteiger partial charge in [-0.05, 0) is 11.8 Å². The fourth-order valence-corrected chi connectivity index (χ4v) is 1.44. The van der Waals surface area contributed by atoms with Crippen LogP contribution >= 0.6 is 25.3 Å². The molecule has 0 aromatic carbocycles. The topological polar surface area (TPSA) is 52.6 Å². The van der Waals surface area contributed by atoms with Crippen molar-refractivity contribution >= 4 is 45.6 Å². The Bertz CT molecular complexity index is 266. The van der Waals surface area contributed by atoms with Crippen molar-refractivity contribution < 1.29 is 19.1 Å². The van der Waals surface area contributed by atoms with Gasteiger partial charge < -0.3 is 9.47 Å². The van der Waals surface area contributed by atoms with E-state index in [1.54, 1.807) is 0 Å². The predicted molar refractivity (Wildman–Crippen MR) is 78.4 cm³/mol. The maximum Gasteiger partial charge on any atom is 0.316 e. The fourth-order valence-electron chi connectivity index (χ4n) is 1.27. The number of esters is 2. The van der Waals surface area contributed by atoms with E-state index in [1.165, 1.54) is 0 Å². The summed E-state index contributed by atoms with van der Waals surface area (Å²) in [5.41, 5.74) is -0.0189. The van der Waals surface area contributed by atoms with E-state index >= 15 is 0 Å². The standard InChI is InChI=1S/C11H20O4S2.B/c1-11(2,3)4-8(15-10(13)7-17)5-14-9(12)6-16;/h8,16-17H,4-7H2,1-3H3;. The number of hydrogen-bond acceptors (Lipinski definition) is 6. The van der Waals surface area contributed by atoms with Gasteiger partial charge in [-0.1, -0.05) is 20.8 Å². The molecule has 0 spiro atoms. The van der Waals surface area contributed by atoms with Crippen LogP contribution in [0.2, 0.25) is 0 Å². The number of hydrogen-bond donors (Lipinski definition) is 2. The van der Waals surface area contributed by atoms with Crippen LogP contribution in [0.5, 0.6) is 0 Å². The monoisotopic (exact) mass is 291 g/mol. The Morgan fingerprint density at radius 1 is 1.11 bits per heavy atom. The van der Waals surface area contributed by atoms with Crippen LogP contribution in [0.15, 0.2) is 0 Å². The first-order chi connectivity index (χ1) is 7.78. The molecule has 18 heavy (non-hydrogen) atoms. The van der Waals surface area contributed by atoms with Crippen molar-refractivity contribution in [1.82, 2.24) is 0 Å². The molecule has 0 heterocycles. The molecule has 0 aliphatic heterocycles. The van der Waals surface area contributed by atoms with Gasteiger partial charge >= 0.3 is 11.9 Å². The Kier molecular flexibility index (Phi) is 10.7. The molecule has 0 aromatic rings. The molecule has 4 nitrogen and oxygen atoms in total. The largest absolute Gasteiger partial charge is 0.461 e. The molecule has 1 unspecified atom stereocenters. The van der Waals surface area contributed by atoms with Gasteiger partial charge in [0.1, 0.15) is 12.7 Å². The minimum Gasteiger partial charge on any atom is -0.461 e. The summed E-state index contributed by atoms with van der Waals surface area (Å²) in [7, 11) is 0. The van der Waals surface area contributed by atoms with E-state index in [1.807, 2.05) is 20.8 Å². The number of carbonyl (C=O) groups is 2. The summed E-state index contributed by atoms with van der Waals surface area (Å²) in [4.78, 5) is 22.2. The Balaban J connectivity index is 0. The van der Waals surface area contributed by atoms with Gasteiger partial charge in [0.05, 0.1) is 11.5 Å². The van der Waals surface area contributed by atoms with Crippen molar-refractivity contribution in [2.75, 3.05) is 18.1 Å². The SMILES string of the molecule is CC(C)(C)CC(COC(=O)CS)OC(=O)CS.[B]. The zero-order valence-corrected chi connectivity index (χ0v) is 12.8. The maximum absolute atomic E-state index is 11.2. The number of thiol groups is 2. The highest BCUT2D eigenvalue weighted by molar-refractivity contribution is 7.81. The Labute approximate surface area is 122 Å². The van der Waals surface area contributed by atoms with Crippen molar-refractivity contribution in [3.63, 3.8) is 0 Å². The minimum absolute atomic E-state index is 0. The Morgan fingerprint density at radius 3 is 2.00 bits per heavy atom. The van der Waals surface area contributed by atoms with Crippen molar-refractivity contribution in [3.8, 4) is 0 Å². The van der Waals surface area contributed by atoms with E-state index in [9.17, 15) is 9.59 Å². The van der Waals surface area contributed by atoms with Crippen LogP contribution in [0, 0.1) is 5.41 Å². The zero-order valence-electron chi connectivity index (χ0n) is 11.0. The third-order valence-electron chi connectivity index (χ3n) is 1.83. The van der Waals surface area contributed by atoms with Gasteiger partial charge in [-0.25, -0.2) is 0 Å². The molecule has 0 aliphatic carbocycles. The predicted octanol–water partition coefficient (Wildman–Crippen LogP) is 1.36. The van der Waals surface area contributed by atoms with Crippen molar-refractivity contribution in [2.45, 2.75) is 33.3 Å². The lowest BCUT2D eigenvalue weighted by Crippen LogP contribution is -2.30. The van der Waals surface area contributed by atoms with Gasteiger partial charge in [0.15, 0.2) is 0 Å². The quantitative estimate of drug-likeness (QED) is 0.441. The highest BCUT2D eigenvalue weighted by Crippen LogP contribution is 2.22. The summed E-state index contributed by atoms with van der Waals surface area (Å²) in [5.74, 6) is -0.803. The maximum atomic E-state index is 11.2. The second kappa shape index (κ2) is 9.61. The molecular weight excluding hydrogens is 271 g/mol. The highest BCUT2D eigenvalue weighted by atomic mass is 32.1. The summed E-state index contributed by atoms with van der Waals surface area (Å²) >= 11 is 7.63. The second-order valence-electron chi connectivity index (χ2n) is 4.88. The minimum atomic E-state index is -0.432. The van der Waals surface area contributed by atoms with E-state index < -0.39 is 18.0 Å². The van der Waals surface area contributed by atoms with Crippen molar-refractivity contribution in [3.05, 3.63) is 0 Å². The molecule has 0 rings (SSSR count). The average molecular weight is 291 g/mol. The van der Waals surface area contributed by atoms with Crippen LogP contribution in [0.25, 0.3) is 0 Å². The fraction of sp³-hybridized carbons (Fsp3) is 0.818. The summed E-state index contributed by atoms with van der Waals surface area (Å²) < 4.78 is 10.1. The molecular formula is C11H20BO4S2. The molecule has 0 fully saturated rings. The van der Waals surface area contributed by atoms with Crippen LogP contribution in [0.1, 0.15) is 27.2 Å². The first-order valence-electron chi connectivity index (χ1n) is 5.35. The summed E-state index contributed by atoms with van der Waals surface area (Å²) in [6, 6.07) is 0. The van der Waals surface area contributed by atoms with Gasteiger partial charge in [0.25, 0.3) is 0 Å². The molecule has 0 saturated heterocycles. The van der Waals surface area contributed by atoms with Crippen LogP contribution < -0.4 is 0 Å². The molecule has 3 radical (unpaired) electrons. The van der Waals surface area contributed by atoms with Crippen molar-refractivity contribution in [2.24, 2.45) is 5.41 Å². The van der Waals surface area contributed by atoms with E-state index in [2.05, 4.69) is 25.3 Å². The van der Waals surface area contributed by atoms with Crippen molar-refractivity contribution in [1.29, 1.82) is 0 Å². The zero-order chi connectivity index (χ0) is 13.5. The van der Waals surface area contributed by atoms with Crippen LogP contribution in [0.3, 0.4) is 0 Å². The lowest BCUT2D eigenvalue weighted by Gasteiger charge is -2.25. The van der Waals surface area contributed by atoms with E-state index in [-0.39, 0.29) is 31.9 Å². The highest BCUT2D eigenvalue weighted by Gasteiger charge is 2.23. The van der Waals surface area contributed by atoms with Crippen LogP contribution in [-0.4, -0.2) is 44.6 Å². The summed E-state index contributed by atoms with van der Waals surface area (Å²) in [6.45, 7) is 6.13. The third-order valence-corrected chi connectivity index (χ3v) is 2.34. The molecule has 0 bridgehead atoms. The molecule has 0 aromatic heterocycles. The average Bonchev–Trinajstić information content (AvgIpc) is 2.23. The van der Waals surface area contributed by atoms with Gasteiger partial charge in [-0.15, -0.1) is 0 Å². The lowest BCUT2D eigenvalue weighted by molar-refractivity contribution is -0.157. The summed E-state index contributed by atoms with van der Waals surface area (Å²) in [5, 5.41) is 0. The van der Waals surface area contributed by atoms with Gasteiger partial charge in [-0.3, -0.25) is 9.59 Å². The molecule has 0 amide bonds. The Morgan fingerprint density at radius 2 is 1.61 bits per heavy atom. The molecule has 103 valence electrons. The molecule has 1 atom stereocenters. The van der Waals surface area contributed by atoms with Gasteiger partial charge in [-0.2, -0.15) is 25.3 Å². The first-order valence-corrected chi connectivity index (χ1v) is 6.62. The summed E-state index contributed by atoms with van der Waals surface area (Å²) in [6.07, 6.45) is 0.185. The van der Waals surface area contributed by atoms with Gasteiger partial charge in [0.2, 0.25) is 0 Å². The van der Waals surface area contributed by atoms with Gasteiger partial charge in [0, 0.05) is 8.41 Å².